The van der Waals surface area contributed by atoms with Crippen molar-refractivity contribution in [1.82, 2.24) is 0 Å². The van der Waals surface area contributed by atoms with E-state index in [4.69, 9.17) is 14.9 Å². The Morgan fingerprint density at radius 3 is 2.00 bits per heavy atom. The zero-order chi connectivity index (χ0) is 12.8. The molecular formula is C13H20O3. The van der Waals surface area contributed by atoms with Crippen molar-refractivity contribution in [1.29, 1.82) is 0 Å². The first-order chi connectivity index (χ1) is 7.12. The summed E-state index contributed by atoms with van der Waals surface area (Å²) in [5.41, 5.74) is -1.09. The first-order valence-corrected chi connectivity index (χ1v) is 5.20. The predicted octanol–water partition coefficient (Wildman–Crippen LogP) is 1.90. The van der Waals surface area contributed by atoms with Crippen LogP contribution in [0.3, 0.4) is 0 Å². The molecule has 0 aromatic rings. The quantitative estimate of drug-likeness (QED) is 0.442. The average molecular weight is 224 g/mol. The fourth-order valence-electron chi connectivity index (χ4n) is 0.572. The molecule has 90 valence electrons. The summed E-state index contributed by atoms with van der Waals surface area (Å²) in [4.78, 5) is 10.4. The number of rotatable bonds is 2. The van der Waals surface area contributed by atoms with Crippen LogP contribution in [0.1, 0.15) is 41.5 Å². The molecule has 0 saturated heterocycles. The Bertz CT molecular complexity index is 326. The van der Waals surface area contributed by atoms with Crippen molar-refractivity contribution >= 4 is 0 Å². The van der Waals surface area contributed by atoms with E-state index in [-0.39, 0.29) is 5.60 Å². The lowest BCUT2D eigenvalue weighted by molar-refractivity contribution is -0.384. The Labute approximate surface area is 98.1 Å². The smallest absolute Gasteiger partial charge is 0.159 e. The van der Waals surface area contributed by atoms with Gasteiger partial charge in [-0.25, -0.2) is 9.78 Å². The molecule has 16 heavy (non-hydrogen) atoms. The highest BCUT2D eigenvalue weighted by atomic mass is 17.2. The zero-order valence-corrected chi connectivity index (χ0v) is 10.8. The molecule has 0 aliphatic carbocycles. The molecule has 0 aromatic carbocycles. The van der Waals surface area contributed by atoms with Gasteiger partial charge >= 0.3 is 0 Å². The standard InChI is InChI=1S/C13H20O3/c1-11(14)9-7-8-10-13(5,6)16-15-12(2,3)4/h11,14H,1-6H3. The van der Waals surface area contributed by atoms with Crippen molar-refractivity contribution in [2.75, 3.05) is 0 Å². The summed E-state index contributed by atoms with van der Waals surface area (Å²) in [6, 6.07) is 0. The van der Waals surface area contributed by atoms with Gasteiger partial charge in [0.2, 0.25) is 0 Å². The Balaban J connectivity index is 4.31. The predicted molar refractivity (Wildman–Crippen MR) is 63.2 cm³/mol. The van der Waals surface area contributed by atoms with Crippen molar-refractivity contribution in [3.63, 3.8) is 0 Å². The number of aliphatic hydroxyl groups excluding tert-OH is 1. The van der Waals surface area contributed by atoms with E-state index < -0.39 is 11.7 Å². The van der Waals surface area contributed by atoms with Crippen LogP contribution in [0.2, 0.25) is 0 Å². The zero-order valence-electron chi connectivity index (χ0n) is 10.8. The molecule has 0 aliphatic heterocycles. The Morgan fingerprint density at radius 2 is 1.56 bits per heavy atom. The molecule has 0 aliphatic rings. The van der Waals surface area contributed by atoms with Crippen molar-refractivity contribution in [2.24, 2.45) is 0 Å². The van der Waals surface area contributed by atoms with Gasteiger partial charge in [0.05, 0.1) is 5.60 Å². The Kier molecular flexibility index (Phi) is 5.55. The van der Waals surface area contributed by atoms with Gasteiger partial charge in [0.1, 0.15) is 6.10 Å². The summed E-state index contributed by atoms with van der Waals surface area (Å²) >= 11 is 0. The van der Waals surface area contributed by atoms with Crippen LogP contribution in [0.25, 0.3) is 0 Å². The molecule has 3 heteroatoms. The summed E-state index contributed by atoms with van der Waals surface area (Å²) in [5, 5.41) is 8.89. The van der Waals surface area contributed by atoms with Crippen molar-refractivity contribution in [3.8, 4) is 23.7 Å². The van der Waals surface area contributed by atoms with Crippen LogP contribution in [0.15, 0.2) is 0 Å². The summed E-state index contributed by atoms with van der Waals surface area (Å²) in [6.07, 6.45) is -0.663. The second kappa shape index (κ2) is 5.92. The average Bonchev–Trinajstić information content (AvgIpc) is 2.08. The van der Waals surface area contributed by atoms with Gasteiger partial charge in [0, 0.05) is 0 Å². The third-order valence-corrected chi connectivity index (χ3v) is 1.21. The maximum Gasteiger partial charge on any atom is 0.159 e. The van der Waals surface area contributed by atoms with Gasteiger partial charge in [0.15, 0.2) is 5.60 Å². The highest BCUT2D eigenvalue weighted by molar-refractivity contribution is 5.29. The first kappa shape index (κ1) is 15.0. The molecule has 0 radical (unpaired) electrons. The van der Waals surface area contributed by atoms with Gasteiger partial charge in [-0.3, -0.25) is 0 Å². The van der Waals surface area contributed by atoms with Gasteiger partial charge < -0.3 is 5.11 Å². The topological polar surface area (TPSA) is 38.7 Å². The molecular weight excluding hydrogens is 204 g/mol. The molecule has 0 saturated carbocycles. The minimum atomic E-state index is -0.722. The van der Waals surface area contributed by atoms with E-state index in [1.54, 1.807) is 20.8 Å². The minimum absolute atomic E-state index is 0.371. The minimum Gasteiger partial charge on any atom is -0.381 e. The number of hydrogen-bond donors (Lipinski definition) is 1. The van der Waals surface area contributed by atoms with Crippen LogP contribution >= 0.6 is 0 Å². The van der Waals surface area contributed by atoms with Crippen LogP contribution in [0.5, 0.6) is 0 Å². The molecule has 0 aromatic heterocycles. The third kappa shape index (κ3) is 9.55. The van der Waals surface area contributed by atoms with Crippen LogP contribution in [-0.2, 0) is 9.78 Å². The molecule has 1 N–H and O–H groups in total. The molecule has 0 rings (SSSR count). The molecule has 0 bridgehead atoms. The SMILES string of the molecule is CC(O)C#CC#CC(C)(C)OOC(C)(C)C. The van der Waals surface area contributed by atoms with E-state index in [1.165, 1.54) is 0 Å². The van der Waals surface area contributed by atoms with E-state index in [0.29, 0.717) is 0 Å². The number of hydrogen-bond acceptors (Lipinski definition) is 3. The fourth-order valence-corrected chi connectivity index (χ4v) is 0.572. The largest absolute Gasteiger partial charge is 0.381 e. The summed E-state index contributed by atoms with van der Waals surface area (Å²) in [6.45, 7) is 10.8. The van der Waals surface area contributed by atoms with Crippen molar-refractivity contribution < 1.29 is 14.9 Å². The highest BCUT2D eigenvalue weighted by Crippen LogP contribution is 2.14. The second-order valence-electron chi connectivity index (χ2n) is 4.98. The Morgan fingerprint density at radius 1 is 1.00 bits per heavy atom. The lowest BCUT2D eigenvalue weighted by atomic mass is 10.1. The van der Waals surface area contributed by atoms with Crippen molar-refractivity contribution in [3.05, 3.63) is 0 Å². The first-order valence-electron chi connectivity index (χ1n) is 5.20. The van der Waals surface area contributed by atoms with Crippen LogP contribution < -0.4 is 0 Å². The van der Waals surface area contributed by atoms with E-state index >= 15 is 0 Å². The summed E-state index contributed by atoms with van der Waals surface area (Å²) in [5.74, 6) is 10.5. The maximum absolute atomic E-state index is 8.89. The van der Waals surface area contributed by atoms with E-state index in [0.717, 1.165) is 0 Å². The summed E-state index contributed by atoms with van der Waals surface area (Å²) in [7, 11) is 0. The van der Waals surface area contributed by atoms with Crippen molar-refractivity contribution in [2.45, 2.75) is 58.8 Å². The monoisotopic (exact) mass is 224 g/mol. The van der Waals surface area contributed by atoms with Gasteiger partial charge in [0.25, 0.3) is 0 Å². The van der Waals surface area contributed by atoms with Gasteiger partial charge in [-0.15, -0.1) is 0 Å². The second-order valence-corrected chi connectivity index (χ2v) is 4.98. The molecule has 0 heterocycles. The highest BCUT2D eigenvalue weighted by Gasteiger charge is 2.21. The van der Waals surface area contributed by atoms with E-state index in [1.807, 2.05) is 20.8 Å². The molecule has 0 spiro atoms. The molecule has 1 atom stereocenters. The van der Waals surface area contributed by atoms with Gasteiger partial charge in [-0.05, 0) is 53.4 Å². The molecule has 0 fully saturated rings. The van der Waals surface area contributed by atoms with E-state index in [2.05, 4.69) is 23.7 Å². The fraction of sp³-hybridized carbons (Fsp3) is 0.692. The van der Waals surface area contributed by atoms with Crippen LogP contribution in [0.4, 0.5) is 0 Å². The van der Waals surface area contributed by atoms with Crippen LogP contribution in [0, 0.1) is 23.7 Å². The Hall–Kier alpha value is -1.00. The molecule has 1 unspecified atom stereocenters. The lowest BCUT2D eigenvalue weighted by Gasteiger charge is -2.24. The molecule has 0 amide bonds. The van der Waals surface area contributed by atoms with E-state index in [9.17, 15) is 0 Å². The lowest BCUT2D eigenvalue weighted by Crippen LogP contribution is -2.29. The summed E-state index contributed by atoms with van der Waals surface area (Å²) < 4.78 is 0. The maximum atomic E-state index is 8.89. The molecule has 3 nitrogen and oxygen atoms in total. The van der Waals surface area contributed by atoms with Gasteiger partial charge in [-0.1, -0.05) is 11.8 Å². The number of aliphatic hydroxyl groups is 1. The van der Waals surface area contributed by atoms with Gasteiger partial charge in [-0.2, -0.15) is 0 Å². The normalized spacial score (nSPS) is 13.2. The van der Waals surface area contributed by atoms with Crippen LogP contribution in [-0.4, -0.2) is 22.4 Å². The third-order valence-electron chi connectivity index (χ3n) is 1.21.